The largest absolute Gasteiger partial charge is 0.466 e. The highest BCUT2D eigenvalue weighted by molar-refractivity contribution is 5.78. The predicted octanol–water partition coefficient (Wildman–Crippen LogP) is 2.19. The van der Waals surface area contributed by atoms with Crippen molar-refractivity contribution in [2.75, 3.05) is 27.2 Å². The normalized spacial score (nSPS) is 12.2. The molecule has 0 fully saturated rings. The Morgan fingerprint density at radius 1 is 1.45 bits per heavy atom. The van der Waals surface area contributed by atoms with E-state index in [1.54, 1.807) is 19.1 Å². The molecule has 0 amide bonds. The lowest BCUT2D eigenvalue weighted by atomic mass is 9.95. The van der Waals surface area contributed by atoms with Gasteiger partial charge in [0.1, 0.15) is 0 Å². The Bertz CT molecular complexity index is 474. The monoisotopic (exact) mass is 280 g/mol. The quantitative estimate of drug-likeness (QED) is 0.435. The van der Waals surface area contributed by atoms with Crippen LogP contribution in [-0.2, 0) is 9.53 Å². The highest BCUT2D eigenvalue weighted by Gasteiger charge is 2.23. The van der Waals surface area contributed by atoms with Crippen LogP contribution in [0.2, 0.25) is 0 Å². The molecule has 1 unspecified atom stereocenters. The number of nitrogens with zero attached hydrogens (tertiary/aromatic N) is 2. The smallest absolute Gasteiger partial charge is 0.313 e. The van der Waals surface area contributed by atoms with E-state index in [2.05, 4.69) is 0 Å². The van der Waals surface area contributed by atoms with Crippen LogP contribution in [0.15, 0.2) is 24.3 Å². The molecule has 0 saturated heterocycles. The van der Waals surface area contributed by atoms with Crippen LogP contribution >= 0.6 is 0 Å². The van der Waals surface area contributed by atoms with Crippen LogP contribution in [0.1, 0.15) is 24.8 Å². The molecular weight excluding hydrogens is 260 g/mol. The number of carbonyl (C=O) groups is 1. The second-order valence-corrected chi connectivity index (χ2v) is 4.75. The zero-order chi connectivity index (χ0) is 15.1. The Kier molecular flexibility index (Phi) is 6.11. The first-order valence-corrected chi connectivity index (χ1v) is 6.51. The fraction of sp³-hybridized carbons (Fsp3) is 0.500. The molecule has 0 aromatic heterocycles. The predicted molar refractivity (Wildman–Crippen MR) is 75.6 cm³/mol. The summed E-state index contributed by atoms with van der Waals surface area (Å²) in [5.41, 5.74) is 0.612. The topological polar surface area (TPSA) is 72.7 Å². The minimum absolute atomic E-state index is 0.0124. The second-order valence-electron chi connectivity index (χ2n) is 4.75. The molecule has 1 aromatic rings. The third kappa shape index (κ3) is 4.62. The summed E-state index contributed by atoms with van der Waals surface area (Å²) < 4.78 is 5.06. The van der Waals surface area contributed by atoms with Crippen LogP contribution in [0.25, 0.3) is 0 Å². The average Bonchev–Trinajstić information content (AvgIpc) is 2.39. The molecule has 0 heterocycles. The van der Waals surface area contributed by atoms with Gasteiger partial charge in [-0.1, -0.05) is 12.1 Å². The van der Waals surface area contributed by atoms with Gasteiger partial charge in [0.25, 0.3) is 5.69 Å². The molecule has 0 saturated carbocycles. The number of carbonyl (C=O) groups excluding carboxylic acids is 1. The van der Waals surface area contributed by atoms with Gasteiger partial charge in [-0.2, -0.15) is 0 Å². The van der Waals surface area contributed by atoms with Crippen LogP contribution in [-0.4, -0.2) is 43.0 Å². The molecule has 1 rings (SSSR count). The van der Waals surface area contributed by atoms with Gasteiger partial charge in [-0.25, -0.2) is 0 Å². The van der Waals surface area contributed by atoms with E-state index in [1.807, 2.05) is 19.0 Å². The fourth-order valence-corrected chi connectivity index (χ4v) is 1.91. The minimum Gasteiger partial charge on any atom is -0.466 e. The molecule has 0 bridgehead atoms. The van der Waals surface area contributed by atoms with Crippen LogP contribution in [0.3, 0.4) is 0 Å². The number of nitro benzene ring substituents is 1. The van der Waals surface area contributed by atoms with Gasteiger partial charge in [0.2, 0.25) is 0 Å². The SMILES string of the molecule is CCOC(=O)C(CCN(C)C)c1cccc([N+](=O)[O-])c1. The first kappa shape index (κ1) is 16.1. The van der Waals surface area contributed by atoms with Gasteiger partial charge < -0.3 is 9.64 Å². The van der Waals surface area contributed by atoms with E-state index >= 15 is 0 Å². The Morgan fingerprint density at radius 3 is 2.70 bits per heavy atom. The van der Waals surface area contributed by atoms with E-state index in [0.29, 0.717) is 25.1 Å². The van der Waals surface area contributed by atoms with E-state index in [1.165, 1.54) is 12.1 Å². The third-order valence-electron chi connectivity index (χ3n) is 2.92. The number of esters is 1. The summed E-state index contributed by atoms with van der Waals surface area (Å²) in [5, 5.41) is 10.8. The molecule has 0 spiro atoms. The van der Waals surface area contributed by atoms with Gasteiger partial charge in [0.05, 0.1) is 17.4 Å². The summed E-state index contributed by atoms with van der Waals surface area (Å²) in [6.07, 6.45) is 0.563. The first-order valence-electron chi connectivity index (χ1n) is 6.51. The molecule has 0 aliphatic carbocycles. The molecule has 0 N–H and O–H groups in total. The molecule has 6 nitrogen and oxygen atoms in total. The maximum Gasteiger partial charge on any atom is 0.313 e. The van der Waals surface area contributed by atoms with E-state index in [0.717, 1.165) is 0 Å². The molecule has 20 heavy (non-hydrogen) atoms. The van der Waals surface area contributed by atoms with Crippen molar-refractivity contribution >= 4 is 11.7 Å². The summed E-state index contributed by atoms with van der Waals surface area (Å²) in [4.78, 5) is 24.3. The minimum atomic E-state index is -0.475. The van der Waals surface area contributed by atoms with Gasteiger partial charge in [0, 0.05) is 12.1 Å². The molecular formula is C14H20N2O4. The Labute approximate surface area is 118 Å². The van der Waals surface area contributed by atoms with Crippen molar-refractivity contribution in [3.63, 3.8) is 0 Å². The zero-order valence-electron chi connectivity index (χ0n) is 12.0. The van der Waals surface area contributed by atoms with E-state index in [9.17, 15) is 14.9 Å². The van der Waals surface area contributed by atoms with Crippen molar-refractivity contribution < 1.29 is 14.5 Å². The lowest BCUT2D eigenvalue weighted by Gasteiger charge is -2.18. The molecule has 1 atom stereocenters. The number of non-ortho nitro benzene ring substituents is 1. The number of ether oxygens (including phenoxy) is 1. The average molecular weight is 280 g/mol. The van der Waals surface area contributed by atoms with Crippen LogP contribution in [0.4, 0.5) is 5.69 Å². The third-order valence-corrected chi connectivity index (χ3v) is 2.92. The Morgan fingerprint density at radius 2 is 2.15 bits per heavy atom. The lowest BCUT2D eigenvalue weighted by Crippen LogP contribution is -2.22. The molecule has 110 valence electrons. The summed E-state index contributed by atoms with van der Waals surface area (Å²) in [5.74, 6) is -0.813. The molecule has 0 aliphatic rings. The first-order chi connectivity index (χ1) is 9.45. The van der Waals surface area contributed by atoms with Crippen LogP contribution in [0.5, 0.6) is 0 Å². The van der Waals surface area contributed by atoms with Crippen molar-refractivity contribution in [3.8, 4) is 0 Å². The fourth-order valence-electron chi connectivity index (χ4n) is 1.91. The Hall–Kier alpha value is -1.95. The zero-order valence-corrected chi connectivity index (χ0v) is 12.0. The summed E-state index contributed by atoms with van der Waals surface area (Å²) >= 11 is 0. The van der Waals surface area contributed by atoms with Gasteiger partial charge in [-0.15, -0.1) is 0 Å². The van der Waals surface area contributed by atoms with E-state index < -0.39 is 10.8 Å². The number of hydrogen-bond acceptors (Lipinski definition) is 5. The molecule has 6 heteroatoms. The van der Waals surface area contributed by atoms with Gasteiger partial charge in [0.15, 0.2) is 0 Å². The second kappa shape index (κ2) is 7.59. The molecule has 0 aliphatic heterocycles. The van der Waals surface area contributed by atoms with Crippen molar-refractivity contribution in [2.24, 2.45) is 0 Å². The number of benzene rings is 1. The van der Waals surface area contributed by atoms with Gasteiger partial charge >= 0.3 is 5.97 Å². The molecule has 0 radical (unpaired) electrons. The summed E-state index contributed by atoms with van der Waals surface area (Å²) in [6.45, 7) is 2.74. The van der Waals surface area contributed by atoms with Crippen molar-refractivity contribution in [2.45, 2.75) is 19.3 Å². The van der Waals surface area contributed by atoms with E-state index in [-0.39, 0.29) is 11.7 Å². The number of hydrogen-bond donors (Lipinski definition) is 0. The van der Waals surface area contributed by atoms with Gasteiger partial charge in [-0.05, 0) is 39.5 Å². The van der Waals surface area contributed by atoms with Crippen molar-refractivity contribution in [3.05, 3.63) is 39.9 Å². The standard InChI is InChI=1S/C14H20N2O4/c1-4-20-14(17)13(8-9-15(2)3)11-6-5-7-12(10-11)16(18)19/h5-7,10,13H,4,8-9H2,1-3H3. The van der Waals surface area contributed by atoms with E-state index in [4.69, 9.17) is 4.74 Å². The van der Waals surface area contributed by atoms with Crippen LogP contribution in [0, 0.1) is 10.1 Å². The number of rotatable bonds is 7. The summed E-state index contributed by atoms with van der Waals surface area (Å²) in [6, 6.07) is 6.18. The highest BCUT2D eigenvalue weighted by atomic mass is 16.6. The molecule has 1 aromatic carbocycles. The maximum absolute atomic E-state index is 12.0. The van der Waals surface area contributed by atoms with Gasteiger partial charge in [-0.3, -0.25) is 14.9 Å². The maximum atomic E-state index is 12.0. The van der Waals surface area contributed by atoms with Crippen LogP contribution < -0.4 is 0 Å². The van der Waals surface area contributed by atoms with Crippen molar-refractivity contribution in [1.82, 2.24) is 4.90 Å². The van der Waals surface area contributed by atoms with Crippen molar-refractivity contribution in [1.29, 1.82) is 0 Å². The highest BCUT2D eigenvalue weighted by Crippen LogP contribution is 2.25. The Balaban J connectivity index is 2.99. The lowest BCUT2D eigenvalue weighted by molar-refractivity contribution is -0.384. The summed E-state index contributed by atoms with van der Waals surface area (Å²) in [7, 11) is 3.82. The number of nitro groups is 1.